The summed E-state index contributed by atoms with van der Waals surface area (Å²) in [6.45, 7) is 2.30. The first-order valence-electron chi connectivity index (χ1n) is 6.15. The fraction of sp³-hybridized carbons (Fsp3) is 0.357. The summed E-state index contributed by atoms with van der Waals surface area (Å²) in [7, 11) is 0. The van der Waals surface area contributed by atoms with Crippen LogP contribution >= 0.6 is 11.3 Å². The SMILES string of the molecule is CCOC(=O)C1Cc2sc3ccc(N)cc3c2C1. The molecule has 3 rings (SSSR count). The van der Waals surface area contributed by atoms with Crippen LogP contribution in [-0.2, 0) is 22.4 Å². The van der Waals surface area contributed by atoms with E-state index in [0.717, 1.165) is 18.5 Å². The smallest absolute Gasteiger partial charge is 0.309 e. The number of rotatable bonds is 2. The van der Waals surface area contributed by atoms with Crippen molar-refractivity contribution in [1.82, 2.24) is 0 Å². The molecule has 1 atom stereocenters. The Morgan fingerprint density at radius 3 is 3.11 bits per heavy atom. The molecule has 1 heterocycles. The van der Waals surface area contributed by atoms with Crippen LogP contribution in [0.15, 0.2) is 18.2 Å². The number of hydrogen-bond acceptors (Lipinski definition) is 4. The van der Waals surface area contributed by atoms with Crippen molar-refractivity contribution in [2.24, 2.45) is 5.92 Å². The van der Waals surface area contributed by atoms with Crippen LogP contribution < -0.4 is 5.73 Å². The molecule has 2 N–H and O–H groups in total. The number of benzene rings is 1. The van der Waals surface area contributed by atoms with Crippen molar-refractivity contribution in [3.8, 4) is 0 Å². The summed E-state index contributed by atoms with van der Waals surface area (Å²) in [6, 6.07) is 6.00. The van der Waals surface area contributed by atoms with E-state index in [0.29, 0.717) is 6.61 Å². The van der Waals surface area contributed by atoms with Gasteiger partial charge in [0.05, 0.1) is 12.5 Å². The van der Waals surface area contributed by atoms with Gasteiger partial charge in [0.1, 0.15) is 0 Å². The Balaban J connectivity index is 1.94. The highest BCUT2D eigenvalue weighted by Gasteiger charge is 2.31. The molecule has 1 aromatic carbocycles. The third-order valence-corrected chi connectivity index (χ3v) is 4.64. The van der Waals surface area contributed by atoms with Gasteiger partial charge in [-0.15, -0.1) is 11.3 Å². The van der Waals surface area contributed by atoms with E-state index in [1.165, 1.54) is 20.5 Å². The van der Waals surface area contributed by atoms with Crippen molar-refractivity contribution >= 4 is 33.1 Å². The fourth-order valence-corrected chi connectivity index (χ4v) is 3.87. The minimum atomic E-state index is -0.0713. The number of carbonyl (C=O) groups is 1. The maximum absolute atomic E-state index is 11.8. The molecule has 0 saturated heterocycles. The Morgan fingerprint density at radius 1 is 1.50 bits per heavy atom. The van der Waals surface area contributed by atoms with Gasteiger partial charge in [-0.25, -0.2) is 0 Å². The van der Waals surface area contributed by atoms with Crippen molar-refractivity contribution in [3.05, 3.63) is 28.6 Å². The Bertz CT molecular complexity index is 618. The third kappa shape index (κ3) is 1.77. The largest absolute Gasteiger partial charge is 0.466 e. The minimum Gasteiger partial charge on any atom is -0.466 e. The monoisotopic (exact) mass is 261 g/mol. The summed E-state index contributed by atoms with van der Waals surface area (Å²) in [5, 5.41) is 1.21. The standard InChI is InChI=1S/C14H15NO2S/c1-2-17-14(16)8-5-10-11-7-9(15)3-4-12(11)18-13(10)6-8/h3-4,7-8H,2,5-6,15H2,1H3. The lowest BCUT2D eigenvalue weighted by molar-refractivity contribution is -0.147. The van der Waals surface area contributed by atoms with E-state index in [1.54, 1.807) is 11.3 Å². The molecule has 1 unspecified atom stereocenters. The Kier molecular flexibility index (Phi) is 2.74. The lowest BCUT2D eigenvalue weighted by atomic mass is 10.1. The quantitative estimate of drug-likeness (QED) is 0.668. The molecule has 94 valence electrons. The number of ether oxygens (including phenoxy) is 1. The number of hydrogen-bond donors (Lipinski definition) is 1. The summed E-state index contributed by atoms with van der Waals surface area (Å²) in [5.41, 5.74) is 7.90. The highest BCUT2D eigenvalue weighted by Crippen LogP contribution is 2.40. The van der Waals surface area contributed by atoms with Crippen LogP contribution in [0.4, 0.5) is 5.69 Å². The van der Waals surface area contributed by atoms with Gasteiger partial charge in [-0.05, 0) is 48.9 Å². The number of esters is 1. The van der Waals surface area contributed by atoms with Crippen molar-refractivity contribution in [2.45, 2.75) is 19.8 Å². The summed E-state index contributed by atoms with van der Waals surface area (Å²) >= 11 is 1.77. The van der Waals surface area contributed by atoms with Crippen LogP contribution in [0.1, 0.15) is 17.4 Å². The second-order valence-corrected chi connectivity index (χ2v) is 5.75. The van der Waals surface area contributed by atoms with Gasteiger partial charge >= 0.3 is 5.97 Å². The van der Waals surface area contributed by atoms with Crippen molar-refractivity contribution in [1.29, 1.82) is 0 Å². The average molecular weight is 261 g/mol. The lowest BCUT2D eigenvalue weighted by Crippen LogP contribution is -2.17. The van der Waals surface area contributed by atoms with Crippen LogP contribution in [0.3, 0.4) is 0 Å². The third-order valence-electron chi connectivity index (χ3n) is 3.40. The van der Waals surface area contributed by atoms with Gasteiger partial charge in [0, 0.05) is 15.3 Å². The van der Waals surface area contributed by atoms with Gasteiger partial charge in [0.2, 0.25) is 0 Å². The van der Waals surface area contributed by atoms with E-state index < -0.39 is 0 Å². The molecule has 0 fully saturated rings. The van der Waals surface area contributed by atoms with Gasteiger partial charge in [0.25, 0.3) is 0 Å². The predicted octanol–water partition coefficient (Wildman–Crippen LogP) is 2.76. The molecule has 0 spiro atoms. The van der Waals surface area contributed by atoms with Crippen molar-refractivity contribution in [2.75, 3.05) is 12.3 Å². The maximum atomic E-state index is 11.8. The van der Waals surface area contributed by atoms with Crippen LogP contribution in [0.5, 0.6) is 0 Å². The van der Waals surface area contributed by atoms with E-state index in [9.17, 15) is 4.79 Å². The molecule has 0 aliphatic heterocycles. The topological polar surface area (TPSA) is 52.3 Å². The van der Waals surface area contributed by atoms with Gasteiger partial charge in [-0.3, -0.25) is 4.79 Å². The molecule has 1 aliphatic rings. The molecule has 1 aromatic heterocycles. The number of nitrogens with two attached hydrogens (primary N) is 1. The second kappa shape index (κ2) is 4.28. The molecule has 0 saturated carbocycles. The van der Waals surface area contributed by atoms with E-state index in [4.69, 9.17) is 10.5 Å². The highest BCUT2D eigenvalue weighted by molar-refractivity contribution is 7.19. The summed E-state index contributed by atoms with van der Waals surface area (Å²) in [4.78, 5) is 13.1. The maximum Gasteiger partial charge on any atom is 0.309 e. The summed E-state index contributed by atoms with van der Waals surface area (Å²) in [6.07, 6.45) is 1.60. The number of fused-ring (bicyclic) bond motifs is 3. The van der Waals surface area contributed by atoms with Crippen molar-refractivity contribution in [3.63, 3.8) is 0 Å². The molecule has 1 aliphatic carbocycles. The van der Waals surface area contributed by atoms with E-state index in [2.05, 4.69) is 6.07 Å². The number of anilines is 1. The zero-order valence-electron chi connectivity index (χ0n) is 10.2. The highest BCUT2D eigenvalue weighted by atomic mass is 32.1. The van der Waals surface area contributed by atoms with Crippen LogP contribution in [0, 0.1) is 5.92 Å². The van der Waals surface area contributed by atoms with Crippen LogP contribution in [-0.4, -0.2) is 12.6 Å². The Labute approximate surface area is 110 Å². The molecule has 3 nitrogen and oxygen atoms in total. The molecule has 0 radical (unpaired) electrons. The van der Waals surface area contributed by atoms with E-state index >= 15 is 0 Å². The van der Waals surface area contributed by atoms with Crippen LogP contribution in [0.25, 0.3) is 10.1 Å². The van der Waals surface area contributed by atoms with Crippen molar-refractivity contribution < 1.29 is 9.53 Å². The Morgan fingerprint density at radius 2 is 2.33 bits per heavy atom. The molecular weight excluding hydrogens is 246 g/mol. The number of carbonyl (C=O) groups excluding carboxylic acids is 1. The first kappa shape index (κ1) is 11.5. The Hall–Kier alpha value is -1.55. The molecule has 18 heavy (non-hydrogen) atoms. The molecule has 0 bridgehead atoms. The van der Waals surface area contributed by atoms with E-state index in [-0.39, 0.29) is 11.9 Å². The summed E-state index contributed by atoms with van der Waals surface area (Å²) < 4.78 is 6.36. The van der Waals surface area contributed by atoms with Gasteiger partial charge in [-0.1, -0.05) is 0 Å². The minimum absolute atomic E-state index is 0.00275. The lowest BCUT2D eigenvalue weighted by Gasteiger charge is -2.08. The summed E-state index contributed by atoms with van der Waals surface area (Å²) in [5.74, 6) is -0.0741. The fourth-order valence-electron chi connectivity index (χ4n) is 2.57. The second-order valence-electron chi connectivity index (χ2n) is 4.62. The van der Waals surface area contributed by atoms with Gasteiger partial charge in [-0.2, -0.15) is 0 Å². The van der Waals surface area contributed by atoms with Gasteiger partial charge in [0.15, 0.2) is 0 Å². The molecule has 0 amide bonds. The first-order valence-corrected chi connectivity index (χ1v) is 6.97. The first-order chi connectivity index (χ1) is 8.69. The van der Waals surface area contributed by atoms with E-state index in [1.807, 2.05) is 19.1 Å². The predicted molar refractivity (Wildman–Crippen MR) is 73.8 cm³/mol. The number of nitrogen functional groups attached to an aromatic ring is 1. The molecule has 4 heteroatoms. The average Bonchev–Trinajstić information content (AvgIpc) is 2.87. The van der Waals surface area contributed by atoms with Gasteiger partial charge < -0.3 is 10.5 Å². The molecule has 2 aromatic rings. The zero-order chi connectivity index (χ0) is 12.7. The number of thiophene rings is 1. The van der Waals surface area contributed by atoms with Crippen LogP contribution in [0.2, 0.25) is 0 Å². The zero-order valence-corrected chi connectivity index (χ0v) is 11.0. The normalized spacial score (nSPS) is 17.9. The molecular formula is C14H15NO2S.